The van der Waals surface area contributed by atoms with Gasteiger partial charge in [0.2, 0.25) is 0 Å². The van der Waals surface area contributed by atoms with E-state index in [1.165, 1.54) is 51.4 Å². The van der Waals surface area contributed by atoms with Gasteiger partial charge in [0.1, 0.15) is 0 Å². The van der Waals surface area contributed by atoms with Crippen LogP contribution in [-0.4, -0.2) is 0 Å². The number of unbranched alkanes of at least 4 members (excludes halogenated alkanes) is 4. The monoisotopic (exact) mass is 308 g/mol. The van der Waals surface area contributed by atoms with Crippen LogP contribution in [0.25, 0.3) is 0 Å². The lowest BCUT2D eigenvalue weighted by atomic mass is 9.72. The van der Waals surface area contributed by atoms with Gasteiger partial charge >= 0.3 is 0 Å². The minimum absolute atomic E-state index is 0.449. The van der Waals surface area contributed by atoms with Gasteiger partial charge < -0.3 is 0 Å². The van der Waals surface area contributed by atoms with E-state index in [4.69, 9.17) is 0 Å². The molecule has 1 atom stereocenters. The standard InChI is InChI=1S/C22H44/c1-19(2)20(22(6,7)8)17-15-13-11-9-10-12-14-16-18-21(3,4)5/h9,11,19-20H,10,12-18H2,1-8H3/b11-9-. The molecule has 0 spiro atoms. The average Bonchev–Trinajstić information content (AvgIpc) is 2.32. The van der Waals surface area contributed by atoms with Gasteiger partial charge in [0.15, 0.2) is 0 Å². The van der Waals surface area contributed by atoms with Gasteiger partial charge in [-0.05, 0) is 61.2 Å². The molecule has 0 nitrogen and oxygen atoms in total. The van der Waals surface area contributed by atoms with Gasteiger partial charge in [0.25, 0.3) is 0 Å². The van der Waals surface area contributed by atoms with Gasteiger partial charge in [-0.3, -0.25) is 0 Å². The first-order valence-corrected chi connectivity index (χ1v) is 9.69. The zero-order valence-electron chi connectivity index (χ0n) is 17.0. The van der Waals surface area contributed by atoms with E-state index < -0.39 is 0 Å². The van der Waals surface area contributed by atoms with Crippen molar-refractivity contribution >= 4 is 0 Å². The molecular weight excluding hydrogens is 264 g/mol. The lowest BCUT2D eigenvalue weighted by Crippen LogP contribution is -2.25. The lowest BCUT2D eigenvalue weighted by molar-refractivity contribution is 0.163. The molecule has 0 radical (unpaired) electrons. The highest BCUT2D eigenvalue weighted by Gasteiger charge is 2.26. The SMILES string of the molecule is CC(C)C(CCC/C=C\CCCCCC(C)(C)C)C(C)(C)C. The largest absolute Gasteiger partial charge is 0.0885 e. The van der Waals surface area contributed by atoms with E-state index in [0.29, 0.717) is 10.8 Å². The van der Waals surface area contributed by atoms with Crippen LogP contribution in [0.5, 0.6) is 0 Å². The Kier molecular flexibility index (Phi) is 10.4. The third-order valence-corrected chi connectivity index (χ3v) is 4.77. The molecule has 0 heteroatoms. The van der Waals surface area contributed by atoms with Crippen molar-refractivity contribution in [2.75, 3.05) is 0 Å². The molecule has 0 N–H and O–H groups in total. The normalized spacial score (nSPS) is 15.0. The predicted molar refractivity (Wildman–Crippen MR) is 103 cm³/mol. The summed E-state index contributed by atoms with van der Waals surface area (Å²) < 4.78 is 0. The van der Waals surface area contributed by atoms with Crippen LogP contribution in [0.4, 0.5) is 0 Å². The molecule has 0 heterocycles. The van der Waals surface area contributed by atoms with Crippen molar-refractivity contribution in [1.29, 1.82) is 0 Å². The molecule has 0 saturated heterocycles. The van der Waals surface area contributed by atoms with E-state index in [1.54, 1.807) is 0 Å². The lowest BCUT2D eigenvalue weighted by Gasteiger charge is -2.34. The molecule has 0 aliphatic rings. The maximum absolute atomic E-state index is 2.42. The van der Waals surface area contributed by atoms with Gasteiger partial charge in [-0.15, -0.1) is 0 Å². The fraction of sp³-hybridized carbons (Fsp3) is 0.909. The van der Waals surface area contributed by atoms with Crippen LogP contribution in [0.1, 0.15) is 107 Å². The summed E-state index contributed by atoms with van der Waals surface area (Å²) in [5.74, 6) is 1.64. The van der Waals surface area contributed by atoms with Crippen molar-refractivity contribution in [1.82, 2.24) is 0 Å². The summed E-state index contributed by atoms with van der Waals surface area (Å²) in [5, 5.41) is 0. The second kappa shape index (κ2) is 10.5. The molecule has 0 aromatic heterocycles. The Morgan fingerprint density at radius 1 is 0.727 bits per heavy atom. The van der Waals surface area contributed by atoms with Crippen LogP contribution in [0, 0.1) is 22.7 Å². The van der Waals surface area contributed by atoms with E-state index in [2.05, 4.69) is 67.5 Å². The molecule has 0 aliphatic heterocycles. The first-order valence-electron chi connectivity index (χ1n) is 9.69. The zero-order valence-corrected chi connectivity index (χ0v) is 17.0. The number of allylic oxidation sites excluding steroid dienone is 2. The Bertz CT molecular complexity index is 282. The highest BCUT2D eigenvalue weighted by Crippen LogP contribution is 2.35. The Morgan fingerprint density at radius 3 is 1.73 bits per heavy atom. The second-order valence-electron chi connectivity index (χ2n) is 9.78. The maximum Gasteiger partial charge on any atom is -0.0342 e. The zero-order chi connectivity index (χ0) is 17.2. The van der Waals surface area contributed by atoms with Crippen molar-refractivity contribution in [3.05, 3.63) is 12.2 Å². The first kappa shape index (κ1) is 21.7. The quantitative estimate of drug-likeness (QED) is 0.283. The van der Waals surface area contributed by atoms with Crippen molar-refractivity contribution < 1.29 is 0 Å². The summed E-state index contributed by atoms with van der Waals surface area (Å²) in [4.78, 5) is 0. The number of hydrogen-bond donors (Lipinski definition) is 0. The molecule has 0 saturated carbocycles. The number of hydrogen-bond acceptors (Lipinski definition) is 0. The van der Waals surface area contributed by atoms with Gasteiger partial charge in [-0.25, -0.2) is 0 Å². The molecule has 0 rings (SSSR count). The average molecular weight is 309 g/mol. The van der Waals surface area contributed by atoms with Crippen LogP contribution < -0.4 is 0 Å². The van der Waals surface area contributed by atoms with Crippen molar-refractivity contribution in [3.63, 3.8) is 0 Å². The summed E-state index contributed by atoms with van der Waals surface area (Å²) in [6.07, 6.45) is 15.6. The topological polar surface area (TPSA) is 0 Å². The second-order valence-corrected chi connectivity index (χ2v) is 9.78. The molecule has 132 valence electrons. The Hall–Kier alpha value is -0.260. The van der Waals surface area contributed by atoms with Crippen LogP contribution in [0.2, 0.25) is 0 Å². The summed E-state index contributed by atoms with van der Waals surface area (Å²) in [5.41, 5.74) is 0.959. The third kappa shape index (κ3) is 12.3. The Morgan fingerprint density at radius 2 is 1.27 bits per heavy atom. The van der Waals surface area contributed by atoms with Crippen molar-refractivity contribution in [3.8, 4) is 0 Å². The molecule has 0 fully saturated rings. The third-order valence-electron chi connectivity index (χ3n) is 4.77. The molecule has 0 aromatic rings. The molecule has 22 heavy (non-hydrogen) atoms. The summed E-state index contributed by atoms with van der Waals surface area (Å²) in [6, 6.07) is 0. The van der Waals surface area contributed by atoms with Crippen LogP contribution in [0.15, 0.2) is 12.2 Å². The van der Waals surface area contributed by atoms with E-state index in [-0.39, 0.29) is 0 Å². The summed E-state index contributed by atoms with van der Waals surface area (Å²) in [7, 11) is 0. The van der Waals surface area contributed by atoms with Crippen LogP contribution >= 0.6 is 0 Å². The van der Waals surface area contributed by atoms with Gasteiger partial charge in [-0.1, -0.05) is 80.4 Å². The highest BCUT2D eigenvalue weighted by molar-refractivity contribution is 4.83. The number of rotatable bonds is 10. The summed E-state index contributed by atoms with van der Waals surface area (Å²) in [6.45, 7) is 19.0. The summed E-state index contributed by atoms with van der Waals surface area (Å²) >= 11 is 0. The van der Waals surface area contributed by atoms with E-state index in [9.17, 15) is 0 Å². The molecule has 0 aliphatic carbocycles. The van der Waals surface area contributed by atoms with E-state index in [1.807, 2.05) is 0 Å². The maximum atomic E-state index is 2.42. The Balaban J connectivity index is 3.67. The molecule has 0 aromatic carbocycles. The van der Waals surface area contributed by atoms with Crippen LogP contribution in [-0.2, 0) is 0 Å². The molecule has 0 amide bonds. The van der Waals surface area contributed by atoms with Crippen LogP contribution in [0.3, 0.4) is 0 Å². The molecule has 0 bridgehead atoms. The van der Waals surface area contributed by atoms with Crippen molar-refractivity contribution in [2.24, 2.45) is 22.7 Å². The van der Waals surface area contributed by atoms with Crippen molar-refractivity contribution in [2.45, 2.75) is 107 Å². The minimum atomic E-state index is 0.449. The molecule has 1 unspecified atom stereocenters. The van der Waals surface area contributed by atoms with Gasteiger partial charge in [0, 0.05) is 0 Å². The smallest absolute Gasteiger partial charge is 0.0342 e. The van der Waals surface area contributed by atoms with E-state index in [0.717, 1.165) is 11.8 Å². The predicted octanol–water partition coefficient (Wildman–Crippen LogP) is 8.03. The van der Waals surface area contributed by atoms with E-state index >= 15 is 0 Å². The Labute approximate surface area is 142 Å². The first-order chi connectivity index (χ1) is 10.0. The van der Waals surface area contributed by atoms with Gasteiger partial charge in [-0.2, -0.15) is 0 Å². The highest BCUT2D eigenvalue weighted by atomic mass is 14.3. The van der Waals surface area contributed by atoms with Gasteiger partial charge in [0.05, 0.1) is 0 Å². The molecular formula is C22H44. The fourth-order valence-electron chi connectivity index (χ4n) is 3.55. The minimum Gasteiger partial charge on any atom is -0.0885 e. The fourth-order valence-corrected chi connectivity index (χ4v) is 3.55.